The zero-order valence-electron chi connectivity index (χ0n) is 14.5. The van der Waals surface area contributed by atoms with Crippen molar-refractivity contribution in [1.29, 1.82) is 0 Å². The average Bonchev–Trinajstić information content (AvgIpc) is 3.29. The largest absolute Gasteiger partial charge is 0.468 e. The molecule has 1 aliphatic carbocycles. The maximum Gasteiger partial charge on any atom is 0.325 e. The second-order valence-electron chi connectivity index (χ2n) is 6.47. The number of nitrogens with zero attached hydrogens (tertiary/aromatic N) is 1. The first-order valence-corrected chi connectivity index (χ1v) is 8.46. The molecule has 1 aromatic heterocycles. The molecule has 25 heavy (non-hydrogen) atoms. The van der Waals surface area contributed by atoms with Crippen molar-refractivity contribution >= 4 is 17.6 Å². The van der Waals surface area contributed by atoms with Gasteiger partial charge in [-0.2, -0.15) is 0 Å². The van der Waals surface area contributed by atoms with Crippen molar-refractivity contribution in [2.24, 2.45) is 0 Å². The summed E-state index contributed by atoms with van der Waals surface area (Å²) >= 11 is 0. The van der Waals surface area contributed by atoms with Gasteiger partial charge >= 0.3 is 6.03 Å². The van der Waals surface area contributed by atoms with Crippen molar-refractivity contribution in [3.63, 3.8) is 0 Å². The molecule has 3 rings (SSSR count). The zero-order valence-corrected chi connectivity index (χ0v) is 14.5. The maximum atomic E-state index is 12.2. The van der Waals surface area contributed by atoms with Gasteiger partial charge in [0.05, 0.1) is 19.4 Å². The molecule has 0 unspecified atom stereocenters. The van der Waals surface area contributed by atoms with Crippen LogP contribution in [0.25, 0.3) is 0 Å². The molecule has 2 aromatic rings. The quantitative estimate of drug-likeness (QED) is 0.846. The van der Waals surface area contributed by atoms with Crippen LogP contribution in [0, 0.1) is 13.8 Å². The molecule has 0 saturated heterocycles. The summed E-state index contributed by atoms with van der Waals surface area (Å²) in [7, 11) is 0. The Morgan fingerprint density at radius 2 is 2.00 bits per heavy atom. The van der Waals surface area contributed by atoms with Gasteiger partial charge in [0, 0.05) is 11.7 Å². The highest BCUT2D eigenvalue weighted by Crippen LogP contribution is 2.28. The minimum Gasteiger partial charge on any atom is -0.468 e. The fraction of sp³-hybridized carbons (Fsp3) is 0.368. The Hall–Kier alpha value is -2.60. The molecule has 132 valence electrons. The lowest BCUT2D eigenvalue weighted by Crippen LogP contribution is -2.42. The first-order valence-electron chi connectivity index (χ1n) is 8.46. The Morgan fingerprint density at radius 1 is 1.20 bits per heavy atom. The van der Waals surface area contributed by atoms with Crippen LogP contribution in [0.4, 0.5) is 10.5 Å². The summed E-state index contributed by atoms with van der Waals surface area (Å²) in [6.07, 6.45) is 3.77. The van der Waals surface area contributed by atoms with Crippen molar-refractivity contribution in [3.05, 3.63) is 53.5 Å². The van der Waals surface area contributed by atoms with E-state index in [9.17, 15) is 9.59 Å². The van der Waals surface area contributed by atoms with Crippen LogP contribution in [-0.2, 0) is 11.3 Å². The number of benzene rings is 1. The molecule has 3 amide bonds. The van der Waals surface area contributed by atoms with Gasteiger partial charge in [-0.3, -0.25) is 15.0 Å². The van der Waals surface area contributed by atoms with E-state index in [0.717, 1.165) is 29.7 Å². The standard InChI is InChI=1S/C19H23N3O3/c1-13-5-3-7-17(14(13)2)20-19(24)21-18(23)12-22(15-8-9-15)11-16-6-4-10-25-16/h3-7,10,15H,8-9,11-12H2,1-2H3,(H2,20,21,23,24). The highest BCUT2D eigenvalue weighted by molar-refractivity contribution is 6.02. The number of rotatable bonds is 6. The fourth-order valence-corrected chi connectivity index (χ4v) is 2.75. The molecule has 1 heterocycles. The van der Waals surface area contributed by atoms with Crippen LogP contribution in [0.2, 0.25) is 0 Å². The van der Waals surface area contributed by atoms with Gasteiger partial charge in [0.15, 0.2) is 0 Å². The SMILES string of the molecule is Cc1cccc(NC(=O)NC(=O)CN(Cc2ccco2)C2CC2)c1C. The van der Waals surface area contributed by atoms with Gasteiger partial charge in [0.1, 0.15) is 5.76 Å². The molecule has 2 N–H and O–H groups in total. The van der Waals surface area contributed by atoms with E-state index in [-0.39, 0.29) is 12.5 Å². The second-order valence-corrected chi connectivity index (χ2v) is 6.47. The number of hydrogen-bond donors (Lipinski definition) is 2. The van der Waals surface area contributed by atoms with Crippen molar-refractivity contribution in [1.82, 2.24) is 10.2 Å². The van der Waals surface area contributed by atoms with Crippen LogP contribution in [0.15, 0.2) is 41.0 Å². The summed E-state index contributed by atoms with van der Waals surface area (Å²) in [5, 5.41) is 5.14. The molecule has 1 aromatic carbocycles. The summed E-state index contributed by atoms with van der Waals surface area (Å²) in [6.45, 7) is 4.66. The highest BCUT2D eigenvalue weighted by atomic mass is 16.3. The van der Waals surface area contributed by atoms with Crippen molar-refractivity contribution in [2.75, 3.05) is 11.9 Å². The van der Waals surface area contributed by atoms with Crippen LogP contribution in [0.3, 0.4) is 0 Å². The molecule has 1 fully saturated rings. The molecule has 1 saturated carbocycles. The number of furan rings is 1. The third kappa shape index (κ3) is 4.70. The van der Waals surface area contributed by atoms with Gasteiger partial charge in [0.2, 0.25) is 5.91 Å². The molecular formula is C19H23N3O3. The number of urea groups is 1. The van der Waals surface area contributed by atoms with Gasteiger partial charge < -0.3 is 9.73 Å². The van der Waals surface area contributed by atoms with Gasteiger partial charge in [-0.15, -0.1) is 0 Å². The number of hydrogen-bond acceptors (Lipinski definition) is 4. The minimum atomic E-state index is -0.507. The summed E-state index contributed by atoms with van der Waals surface area (Å²) in [6, 6.07) is 9.27. The highest BCUT2D eigenvalue weighted by Gasteiger charge is 2.31. The fourth-order valence-electron chi connectivity index (χ4n) is 2.75. The van der Waals surface area contributed by atoms with Crippen LogP contribution < -0.4 is 10.6 Å². The van der Waals surface area contributed by atoms with Gasteiger partial charge in [-0.25, -0.2) is 4.79 Å². The normalized spacial score (nSPS) is 13.7. The topological polar surface area (TPSA) is 74.6 Å². The lowest BCUT2D eigenvalue weighted by Gasteiger charge is -2.20. The van der Waals surface area contributed by atoms with E-state index in [1.807, 2.05) is 49.1 Å². The average molecular weight is 341 g/mol. The predicted octanol–water partition coefficient (Wildman–Crippen LogP) is 3.21. The lowest BCUT2D eigenvalue weighted by atomic mass is 10.1. The van der Waals surface area contributed by atoms with Gasteiger partial charge in [-0.05, 0) is 56.0 Å². The van der Waals surface area contributed by atoms with E-state index < -0.39 is 6.03 Å². The zero-order chi connectivity index (χ0) is 17.8. The number of carbonyl (C=O) groups is 2. The summed E-state index contributed by atoms with van der Waals surface area (Å²) in [5.41, 5.74) is 2.78. The van der Waals surface area contributed by atoms with E-state index in [1.54, 1.807) is 6.26 Å². The number of imide groups is 1. The van der Waals surface area contributed by atoms with E-state index in [2.05, 4.69) is 10.6 Å². The van der Waals surface area contributed by atoms with Crippen LogP contribution in [-0.4, -0.2) is 29.4 Å². The molecule has 0 radical (unpaired) electrons. The Morgan fingerprint density at radius 3 is 2.68 bits per heavy atom. The molecule has 0 atom stereocenters. The third-order valence-corrected chi connectivity index (χ3v) is 4.45. The lowest BCUT2D eigenvalue weighted by molar-refractivity contribution is -0.121. The first-order chi connectivity index (χ1) is 12.0. The molecular weight excluding hydrogens is 318 g/mol. The predicted molar refractivity (Wildman–Crippen MR) is 95.2 cm³/mol. The minimum absolute atomic E-state index is 0.172. The molecule has 0 aliphatic heterocycles. The maximum absolute atomic E-state index is 12.2. The van der Waals surface area contributed by atoms with E-state index in [0.29, 0.717) is 18.3 Å². The van der Waals surface area contributed by atoms with E-state index >= 15 is 0 Å². The van der Waals surface area contributed by atoms with Crippen LogP contribution in [0.1, 0.15) is 29.7 Å². The summed E-state index contributed by atoms with van der Waals surface area (Å²) in [4.78, 5) is 26.4. The second kappa shape index (κ2) is 7.53. The molecule has 6 heteroatoms. The molecule has 6 nitrogen and oxygen atoms in total. The molecule has 0 spiro atoms. The summed E-state index contributed by atoms with van der Waals surface area (Å²) < 4.78 is 5.36. The van der Waals surface area contributed by atoms with E-state index in [1.165, 1.54) is 0 Å². The summed E-state index contributed by atoms with van der Waals surface area (Å²) in [5.74, 6) is 0.501. The van der Waals surface area contributed by atoms with Crippen LogP contribution >= 0.6 is 0 Å². The monoisotopic (exact) mass is 341 g/mol. The van der Waals surface area contributed by atoms with Gasteiger partial charge in [-0.1, -0.05) is 12.1 Å². The third-order valence-electron chi connectivity index (χ3n) is 4.45. The number of anilines is 1. The van der Waals surface area contributed by atoms with Crippen molar-refractivity contribution in [2.45, 2.75) is 39.3 Å². The van der Waals surface area contributed by atoms with E-state index in [4.69, 9.17) is 4.42 Å². The first kappa shape index (κ1) is 17.2. The number of nitrogens with one attached hydrogen (secondary N) is 2. The Balaban J connectivity index is 1.53. The molecule has 0 bridgehead atoms. The van der Waals surface area contributed by atoms with Crippen LogP contribution in [0.5, 0.6) is 0 Å². The molecule has 1 aliphatic rings. The number of amides is 3. The Kier molecular flexibility index (Phi) is 5.19. The number of aryl methyl sites for hydroxylation is 1. The Bertz CT molecular complexity index is 751. The van der Waals surface area contributed by atoms with Crippen molar-refractivity contribution in [3.8, 4) is 0 Å². The van der Waals surface area contributed by atoms with Gasteiger partial charge in [0.25, 0.3) is 0 Å². The smallest absolute Gasteiger partial charge is 0.325 e. The number of carbonyl (C=O) groups excluding carboxylic acids is 2. The Labute approximate surface area is 147 Å². The van der Waals surface area contributed by atoms with Crippen molar-refractivity contribution < 1.29 is 14.0 Å².